The largest absolute Gasteiger partial charge is 0.340 e. The first-order valence-corrected chi connectivity index (χ1v) is 10.5. The molecule has 3 unspecified atom stereocenters. The molecule has 2 aliphatic carbocycles. The highest BCUT2D eigenvalue weighted by Gasteiger charge is 2.41. The van der Waals surface area contributed by atoms with Crippen molar-refractivity contribution in [2.75, 3.05) is 5.32 Å². The van der Waals surface area contributed by atoms with Crippen LogP contribution in [-0.4, -0.2) is 30.2 Å². The zero-order valence-electron chi connectivity index (χ0n) is 16.6. The lowest BCUT2D eigenvalue weighted by Gasteiger charge is -2.26. The fraction of sp³-hybridized carbons (Fsp3) is 0.318. The van der Waals surface area contributed by atoms with Crippen LogP contribution in [0, 0.1) is 17.7 Å². The van der Waals surface area contributed by atoms with Crippen molar-refractivity contribution in [3.05, 3.63) is 58.8 Å². The third-order valence-electron chi connectivity index (χ3n) is 6.67. The molecule has 0 amide bonds. The van der Waals surface area contributed by atoms with Gasteiger partial charge < -0.3 is 9.88 Å². The van der Waals surface area contributed by atoms with Gasteiger partial charge in [-0.25, -0.2) is 9.37 Å². The van der Waals surface area contributed by atoms with Crippen LogP contribution in [0.25, 0.3) is 22.3 Å². The van der Waals surface area contributed by atoms with Crippen molar-refractivity contribution in [2.24, 2.45) is 11.8 Å². The maximum absolute atomic E-state index is 14.4. The first-order valence-electron chi connectivity index (χ1n) is 10.5. The lowest BCUT2D eigenvalue weighted by molar-refractivity contribution is 0.326. The number of H-pyrrole nitrogens is 1. The molecule has 4 aromatic rings. The smallest absolute Gasteiger partial charge is 0.287 e. The van der Waals surface area contributed by atoms with Crippen LogP contribution in [0.3, 0.4) is 0 Å². The molecule has 3 atom stereocenters. The van der Waals surface area contributed by atoms with Crippen molar-refractivity contribution in [1.29, 1.82) is 0 Å². The van der Waals surface area contributed by atoms with Gasteiger partial charge in [-0.2, -0.15) is 5.21 Å². The Bertz CT molecular complexity index is 1320. The summed E-state index contributed by atoms with van der Waals surface area (Å²) in [5, 5.41) is 17.9. The Morgan fingerprint density at radius 2 is 2.00 bits per heavy atom. The van der Waals surface area contributed by atoms with Crippen molar-refractivity contribution in [1.82, 2.24) is 30.2 Å². The number of benzene rings is 1. The van der Waals surface area contributed by atoms with Gasteiger partial charge in [-0.15, -0.1) is 10.2 Å². The zero-order valence-corrected chi connectivity index (χ0v) is 16.6. The summed E-state index contributed by atoms with van der Waals surface area (Å²) in [6.45, 7) is 0. The van der Waals surface area contributed by atoms with Crippen LogP contribution < -0.4 is 10.9 Å². The van der Waals surface area contributed by atoms with Crippen LogP contribution in [-0.2, 0) is 0 Å². The number of aromatic nitrogens is 6. The third kappa shape index (κ3) is 3.08. The van der Waals surface area contributed by atoms with E-state index in [1.807, 2.05) is 30.3 Å². The second-order valence-corrected chi connectivity index (χ2v) is 8.48. The predicted molar refractivity (Wildman–Crippen MR) is 113 cm³/mol. The van der Waals surface area contributed by atoms with Gasteiger partial charge in [0.2, 0.25) is 5.82 Å². The predicted octanol–water partition coefficient (Wildman–Crippen LogP) is 3.82. The number of halogens is 1. The van der Waals surface area contributed by atoms with Crippen molar-refractivity contribution in [2.45, 2.75) is 31.7 Å². The number of aromatic amines is 1. The van der Waals surface area contributed by atoms with Gasteiger partial charge in [0.25, 0.3) is 5.56 Å². The third-order valence-corrected chi connectivity index (χ3v) is 6.67. The Balaban J connectivity index is 1.36. The highest BCUT2D eigenvalue weighted by molar-refractivity contribution is 5.81. The van der Waals surface area contributed by atoms with Crippen LogP contribution in [0.1, 0.15) is 31.7 Å². The number of fused-ring (bicyclic) bond motifs is 3. The summed E-state index contributed by atoms with van der Waals surface area (Å²) in [5.74, 6) is 1.51. The average Bonchev–Trinajstić information content (AvgIpc) is 3.54. The maximum atomic E-state index is 14.4. The molecule has 2 N–H and O–H groups in total. The second kappa shape index (κ2) is 6.97. The molecule has 2 saturated carbocycles. The highest BCUT2D eigenvalue weighted by atomic mass is 19.1. The molecule has 0 spiro atoms. The number of nitrogens with one attached hydrogen (secondary N) is 2. The fourth-order valence-corrected chi connectivity index (χ4v) is 5.26. The summed E-state index contributed by atoms with van der Waals surface area (Å²) in [5.41, 5.74) is 1.86. The van der Waals surface area contributed by atoms with E-state index in [1.165, 1.54) is 12.5 Å². The molecule has 1 aromatic carbocycles. The Labute approximate surface area is 176 Å². The van der Waals surface area contributed by atoms with Gasteiger partial charge in [0.15, 0.2) is 5.82 Å². The number of hydrogen-bond donors (Lipinski definition) is 2. The Kier molecular flexibility index (Phi) is 4.09. The van der Waals surface area contributed by atoms with E-state index in [-0.39, 0.29) is 6.04 Å². The van der Waals surface area contributed by atoms with E-state index < -0.39 is 11.4 Å². The number of anilines is 2. The molecular formula is C22H20FN7O. The standard InChI is InChI=1S/C22H20FN7O/c23-17-9-15-11-24-20(25-16-5-3-13(4-6-16)21-26-28-29-27-21)10-19(15)30(22(17)31)18-8-12-1-2-14(18)7-12/h3-6,9-12,14,18H,1-2,7-8H2,(H,24,25)(H,26,27,28,29). The second-order valence-electron chi connectivity index (χ2n) is 8.48. The summed E-state index contributed by atoms with van der Waals surface area (Å²) in [6.07, 6.45) is 6.04. The molecular weight excluding hydrogens is 397 g/mol. The minimum absolute atomic E-state index is 0.0638. The molecule has 2 fully saturated rings. The molecule has 0 saturated heterocycles. The van der Waals surface area contributed by atoms with Crippen molar-refractivity contribution in [3.63, 3.8) is 0 Å². The van der Waals surface area contributed by atoms with Gasteiger partial charge in [-0.1, -0.05) is 6.42 Å². The number of tetrazole rings is 1. The van der Waals surface area contributed by atoms with E-state index in [9.17, 15) is 9.18 Å². The number of nitrogens with zero attached hydrogens (tertiary/aromatic N) is 5. The molecule has 31 heavy (non-hydrogen) atoms. The van der Waals surface area contributed by atoms with Crippen LogP contribution in [0.15, 0.2) is 47.4 Å². The molecule has 3 aromatic heterocycles. The van der Waals surface area contributed by atoms with Gasteiger partial charge >= 0.3 is 0 Å². The summed E-state index contributed by atoms with van der Waals surface area (Å²) in [7, 11) is 0. The van der Waals surface area contributed by atoms with E-state index in [4.69, 9.17) is 0 Å². The molecule has 0 aliphatic heterocycles. The van der Waals surface area contributed by atoms with Crippen LogP contribution in [0.2, 0.25) is 0 Å². The minimum Gasteiger partial charge on any atom is -0.340 e. The Morgan fingerprint density at radius 1 is 1.13 bits per heavy atom. The Morgan fingerprint density at radius 3 is 2.71 bits per heavy atom. The first-order chi connectivity index (χ1) is 15.2. The quantitative estimate of drug-likeness (QED) is 0.523. The topological polar surface area (TPSA) is 101 Å². The molecule has 8 nitrogen and oxygen atoms in total. The number of rotatable bonds is 4. The fourth-order valence-electron chi connectivity index (χ4n) is 5.26. The van der Waals surface area contributed by atoms with Crippen LogP contribution >= 0.6 is 0 Å². The molecule has 9 heteroatoms. The van der Waals surface area contributed by atoms with E-state index in [0.717, 1.165) is 36.0 Å². The van der Waals surface area contributed by atoms with E-state index in [1.54, 1.807) is 10.8 Å². The monoisotopic (exact) mass is 417 g/mol. The summed E-state index contributed by atoms with van der Waals surface area (Å²) in [4.78, 5) is 17.2. The van der Waals surface area contributed by atoms with Gasteiger partial charge in [0.1, 0.15) is 5.82 Å². The molecule has 3 heterocycles. The molecule has 6 rings (SSSR count). The maximum Gasteiger partial charge on any atom is 0.287 e. The first kappa shape index (κ1) is 18.2. The SMILES string of the molecule is O=c1c(F)cc2cnc(Nc3ccc(-c4nn[nH]n4)cc3)cc2n1C1CC2CCC1C2. The van der Waals surface area contributed by atoms with E-state index >= 15 is 0 Å². The lowest BCUT2D eigenvalue weighted by Crippen LogP contribution is -2.30. The Hall–Kier alpha value is -3.62. The van der Waals surface area contributed by atoms with Crippen molar-refractivity contribution < 1.29 is 4.39 Å². The summed E-state index contributed by atoms with van der Waals surface area (Å²) in [6, 6.07) is 10.8. The van der Waals surface area contributed by atoms with Crippen molar-refractivity contribution in [3.8, 4) is 11.4 Å². The normalized spacial score (nSPS) is 22.3. The number of pyridine rings is 2. The molecule has 0 radical (unpaired) electrons. The average molecular weight is 417 g/mol. The van der Waals surface area contributed by atoms with Crippen molar-refractivity contribution >= 4 is 22.4 Å². The summed E-state index contributed by atoms with van der Waals surface area (Å²) < 4.78 is 16.1. The van der Waals surface area contributed by atoms with Crippen LogP contribution in [0.5, 0.6) is 0 Å². The van der Waals surface area contributed by atoms with Gasteiger partial charge in [-0.3, -0.25) is 4.79 Å². The van der Waals surface area contributed by atoms with E-state index in [0.29, 0.717) is 28.9 Å². The molecule has 156 valence electrons. The van der Waals surface area contributed by atoms with Crippen LogP contribution in [0.4, 0.5) is 15.9 Å². The molecule has 2 aliphatic rings. The van der Waals surface area contributed by atoms with Gasteiger partial charge in [0, 0.05) is 34.9 Å². The zero-order chi connectivity index (χ0) is 20.9. The summed E-state index contributed by atoms with van der Waals surface area (Å²) >= 11 is 0. The minimum atomic E-state index is -0.713. The van der Waals surface area contributed by atoms with Gasteiger partial charge in [-0.05, 0) is 66.6 Å². The number of hydrogen-bond acceptors (Lipinski definition) is 6. The molecule has 2 bridgehead atoms. The van der Waals surface area contributed by atoms with Gasteiger partial charge in [0.05, 0.1) is 5.52 Å². The van der Waals surface area contributed by atoms with E-state index in [2.05, 4.69) is 30.9 Å². The highest BCUT2D eigenvalue weighted by Crippen LogP contribution is 2.50. The lowest BCUT2D eigenvalue weighted by atomic mass is 9.94.